The second-order valence-corrected chi connectivity index (χ2v) is 7.12. The smallest absolute Gasteiger partial charge is 0.262 e. The predicted molar refractivity (Wildman–Crippen MR) is 83.6 cm³/mol. The maximum absolute atomic E-state index is 12.0. The number of nitrogens with one attached hydrogen (secondary N) is 1. The number of benzene rings is 2. The van der Waals surface area contributed by atoms with Gasteiger partial charge in [0.15, 0.2) is 0 Å². The summed E-state index contributed by atoms with van der Waals surface area (Å²) in [6.45, 7) is 1.78. The van der Waals surface area contributed by atoms with Crippen molar-refractivity contribution in [3.63, 3.8) is 0 Å². The number of rotatable bonds is 2. The van der Waals surface area contributed by atoms with Crippen LogP contribution < -0.4 is 4.72 Å². The van der Waals surface area contributed by atoms with Gasteiger partial charge in [-0.15, -0.1) is 10.2 Å². The number of hydrogen-bond acceptors (Lipinski definition) is 7. The van der Waals surface area contributed by atoms with Gasteiger partial charge < -0.3 is 0 Å². The molecule has 4 rings (SSSR count). The fraction of sp³-hybridized carbons (Fsp3) is 0.0769. The minimum absolute atomic E-state index is 0.267. The van der Waals surface area contributed by atoms with Crippen molar-refractivity contribution < 1.29 is 8.42 Å². The molecule has 3 aromatic rings. The summed E-state index contributed by atoms with van der Waals surface area (Å²) in [6, 6.07) is 8.52. The largest absolute Gasteiger partial charge is 0.279 e. The van der Waals surface area contributed by atoms with Crippen LogP contribution in [-0.2, 0) is 10.0 Å². The van der Waals surface area contributed by atoms with Gasteiger partial charge in [-0.05, 0) is 25.1 Å². The fourth-order valence-corrected chi connectivity index (χ4v) is 4.20. The van der Waals surface area contributed by atoms with Crippen molar-refractivity contribution in [2.24, 2.45) is 10.2 Å². The monoisotopic (exact) mass is 331 g/mol. The van der Waals surface area contributed by atoms with Crippen LogP contribution in [0.15, 0.2) is 45.5 Å². The van der Waals surface area contributed by atoms with Gasteiger partial charge in [0, 0.05) is 22.3 Å². The molecule has 9 heteroatoms. The Balaban J connectivity index is 1.89. The third kappa shape index (κ3) is 1.97. The summed E-state index contributed by atoms with van der Waals surface area (Å²) >= 11 is 1.16. The van der Waals surface area contributed by atoms with Crippen LogP contribution in [0.4, 0.5) is 16.5 Å². The molecule has 0 spiro atoms. The maximum Gasteiger partial charge on any atom is 0.262 e. The van der Waals surface area contributed by atoms with Crippen LogP contribution in [0, 0.1) is 6.92 Å². The van der Waals surface area contributed by atoms with E-state index in [1.165, 1.54) is 0 Å². The van der Waals surface area contributed by atoms with Gasteiger partial charge in [0.25, 0.3) is 10.0 Å². The van der Waals surface area contributed by atoms with E-state index in [1.54, 1.807) is 31.2 Å². The molecule has 1 aliphatic heterocycles. The maximum atomic E-state index is 12.0. The Morgan fingerprint density at radius 2 is 2.05 bits per heavy atom. The van der Waals surface area contributed by atoms with Gasteiger partial charge >= 0.3 is 0 Å². The topological polar surface area (TPSA) is 96.7 Å². The lowest BCUT2D eigenvalue weighted by Gasteiger charge is -2.01. The molecule has 2 aromatic carbocycles. The van der Waals surface area contributed by atoms with E-state index in [0.29, 0.717) is 27.7 Å². The Bertz CT molecular complexity index is 1040. The molecule has 0 aliphatic carbocycles. The SMILES string of the molecule is Cc1nsc(N=Nc2ccc3c4c(cccc24)S(=O)(=O)N3)n1. The lowest BCUT2D eigenvalue weighted by Crippen LogP contribution is -2.05. The molecule has 0 amide bonds. The molecule has 0 atom stereocenters. The Morgan fingerprint density at radius 1 is 1.18 bits per heavy atom. The average molecular weight is 331 g/mol. The molecule has 1 N–H and O–H groups in total. The Morgan fingerprint density at radius 3 is 2.82 bits per heavy atom. The molecule has 1 aromatic heterocycles. The van der Waals surface area contributed by atoms with Crippen molar-refractivity contribution in [2.75, 3.05) is 4.72 Å². The number of anilines is 1. The number of azo groups is 1. The molecule has 2 heterocycles. The van der Waals surface area contributed by atoms with Gasteiger partial charge in [-0.25, -0.2) is 13.4 Å². The third-order valence-electron chi connectivity index (χ3n) is 3.27. The fourth-order valence-electron chi connectivity index (χ4n) is 2.38. The van der Waals surface area contributed by atoms with Gasteiger partial charge in [-0.2, -0.15) is 4.37 Å². The molecular weight excluding hydrogens is 322 g/mol. The Labute approximate surface area is 130 Å². The van der Waals surface area contributed by atoms with Crippen molar-refractivity contribution in [1.29, 1.82) is 0 Å². The van der Waals surface area contributed by atoms with Crippen molar-refractivity contribution in [3.8, 4) is 0 Å². The predicted octanol–water partition coefficient (Wildman–Crippen LogP) is 3.53. The first-order chi connectivity index (χ1) is 10.5. The van der Waals surface area contributed by atoms with Crippen LogP contribution in [0.2, 0.25) is 0 Å². The highest BCUT2D eigenvalue weighted by Crippen LogP contribution is 2.41. The molecule has 0 fully saturated rings. The highest BCUT2D eigenvalue weighted by molar-refractivity contribution is 7.93. The summed E-state index contributed by atoms with van der Waals surface area (Å²) in [5.41, 5.74) is 1.16. The first-order valence-electron chi connectivity index (χ1n) is 6.35. The van der Waals surface area contributed by atoms with E-state index in [1.807, 2.05) is 6.07 Å². The first kappa shape index (κ1) is 13.3. The molecular formula is C13H9N5O2S2. The van der Waals surface area contributed by atoms with E-state index in [2.05, 4.69) is 24.3 Å². The molecule has 0 bridgehead atoms. The molecule has 1 aliphatic rings. The molecule has 7 nitrogen and oxygen atoms in total. The Kier molecular flexibility index (Phi) is 2.75. The highest BCUT2D eigenvalue weighted by Gasteiger charge is 2.27. The van der Waals surface area contributed by atoms with Gasteiger partial charge in [-0.3, -0.25) is 4.72 Å². The summed E-state index contributed by atoms with van der Waals surface area (Å²) in [4.78, 5) is 4.38. The van der Waals surface area contributed by atoms with Gasteiger partial charge in [0.05, 0.1) is 16.3 Å². The third-order valence-corrected chi connectivity index (χ3v) is 5.37. The van der Waals surface area contributed by atoms with Gasteiger partial charge in [0.1, 0.15) is 5.82 Å². The first-order valence-corrected chi connectivity index (χ1v) is 8.61. The number of aromatic nitrogens is 2. The van der Waals surface area contributed by atoms with E-state index in [-0.39, 0.29) is 4.90 Å². The highest BCUT2D eigenvalue weighted by atomic mass is 32.2. The van der Waals surface area contributed by atoms with E-state index in [0.717, 1.165) is 16.9 Å². The number of sulfonamides is 1. The van der Waals surface area contributed by atoms with Crippen LogP contribution in [0.5, 0.6) is 0 Å². The summed E-state index contributed by atoms with van der Waals surface area (Å²) in [5, 5.41) is 10.1. The zero-order valence-corrected chi connectivity index (χ0v) is 12.9. The molecule has 0 saturated heterocycles. The molecule has 0 saturated carbocycles. The summed E-state index contributed by atoms with van der Waals surface area (Å²) < 4.78 is 30.7. The molecule has 0 unspecified atom stereocenters. The van der Waals surface area contributed by atoms with Crippen molar-refractivity contribution in [1.82, 2.24) is 9.36 Å². The van der Waals surface area contributed by atoms with Gasteiger partial charge in [0.2, 0.25) is 5.13 Å². The van der Waals surface area contributed by atoms with Crippen LogP contribution in [-0.4, -0.2) is 17.8 Å². The summed E-state index contributed by atoms with van der Waals surface area (Å²) in [5.74, 6) is 0.648. The van der Waals surface area contributed by atoms with E-state index < -0.39 is 10.0 Å². The standard InChI is InChI=1S/C13H9N5O2S2/c1-7-14-13(21-17-7)16-15-9-5-6-10-12-8(9)3-2-4-11(12)22(19,20)18-10/h2-6,18H,1H3. The average Bonchev–Trinajstić information content (AvgIpc) is 3.01. The zero-order chi connectivity index (χ0) is 15.3. The molecule has 110 valence electrons. The quantitative estimate of drug-likeness (QED) is 0.726. The minimum Gasteiger partial charge on any atom is -0.279 e. The Hall–Kier alpha value is -2.39. The van der Waals surface area contributed by atoms with Crippen LogP contribution >= 0.6 is 11.5 Å². The normalized spacial score (nSPS) is 15.5. The van der Waals surface area contributed by atoms with E-state index in [9.17, 15) is 8.42 Å². The number of nitrogens with zero attached hydrogens (tertiary/aromatic N) is 4. The molecule has 0 radical (unpaired) electrons. The van der Waals surface area contributed by atoms with Crippen molar-refractivity contribution in [2.45, 2.75) is 11.8 Å². The van der Waals surface area contributed by atoms with Gasteiger partial charge in [-0.1, -0.05) is 12.1 Å². The van der Waals surface area contributed by atoms with Crippen LogP contribution in [0.3, 0.4) is 0 Å². The minimum atomic E-state index is -3.48. The van der Waals surface area contributed by atoms with Crippen LogP contribution in [0.1, 0.15) is 5.82 Å². The second kappa shape index (κ2) is 4.55. The zero-order valence-electron chi connectivity index (χ0n) is 11.3. The number of hydrogen-bond donors (Lipinski definition) is 1. The van der Waals surface area contributed by atoms with Crippen molar-refractivity contribution in [3.05, 3.63) is 36.2 Å². The number of aryl methyl sites for hydroxylation is 1. The molecule has 22 heavy (non-hydrogen) atoms. The summed E-state index contributed by atoms with van der Waals surface area (Å²) in [6.07, 6.45) is 0. The van der Waals surface area contributed by atoms with E-state index >= 15 is 0 Å². The van der Waals surface area contributed by atoms with Crippen molar-refractivity contribution >= 4 is 48.8 Å². The second-order valence-electron chi connectivity index (χ2n) is 4.74. The lowest BCUT2D eigenvalue weighted by atomic mass is 10.1. The summed E-state index contributed by atoms with van der Waals surface area (Å²) in [7, 11) is -3.48. The van der Waals surface area contributed by atoms with Crippen LogP contribution in [0.25, 0.3) is 10.8 Å². The van der Waals surface area contributed by atoms with E-state index in [4.69, 9.17) is 0 Å². The lowest BCUT2D eigenvalue weighted by molar-refractivity contribution is 0.603.